The summed E-state index contributed by atoms with van der Waals surface area (Å²) in [6.45, 7) is 3.00. The summed E-state index contributed by atoms with van der Waals surface area (Å²) in [7, 11) is -3.23. The Kier molecular flexibility index (Phi) is 6.26. The van der Waals surface area contributed by atoms with E-state index in [1.165, 1.54) is 12.8 Å². The maximum absolute atomic E-state index is 12.6. The van der Waals surface area contributed by atoms with Crippen molar-refractivity contribution in [1.29, 1.82) is 0 Å². The molecule has 21 heavy (non-hydrogen) atoms. The molecule has 1 fully saturated rings. The summed E-state index contributed by atoms with van der Waals surface area (Å²) in [5, 5.41) is 3.46. The van der Waals surface area contributed by atoms with Crippen molar-refractivity contribution in [2.45, 2.75) is 50.0 Å². The molecule has 1 aliphatic carbocycles. The largest absolute Gasteiger partial charge is 0.313 e. The van der Waals surface area contributed by atoms with E-state index in [1.54, 1.807) is 24.3 Å². The van der Waals surface area contributed by atoms with Crippen LogP contribution in [0.3, 0.4) is 0 Å². The molecule has 1 N–H and O–H groups in total. The smallest absolute Gasteiger partial charge is 0.179 e. The summed E-state index contributed by atoms with van der Waals surface area (Å²) in [6.07, 6.45) is 5.79. The molecule has 0 aromatic heterocycles. The van der Waals surface area contributed by atoms with E-state index in [1.807, 2.05) is 0 Å². The molecule has 118 valence electrons. The Bertz CT molecular complexity index is 536. The zero-order valence-electron chi connectivity index (χ0n) is 12.5. The average Bonchev–Trinajstić information content (AvgIpc) is 2.98. The molecule has 1 aromatic rings. The van der Waals surface area contributed by atoms with E-state index >= 15 is 0 Å². The van der Waals surface area contributed by atoms with Crippen molar-refractivity contribution in [3.05, 3.63) is 28.7 Å². The molecule has 0 aliphatic heterocycles. The van der Waals surface area contributed by atoms with Gasteiger partial charge < -0.3 is 5.32 Å². The van der Waals surface area contributed by atoms with Crippen LogP contribution in [-0.2, 0) is 9.84 Å². The van der Waals surface area contributed by atoms with E-state index in [9.17, 15) is 8.42 Å². The van der Waals surface area contributed by atoms with Crippen LogP contribution < -0.4 is 5.32 Å². The molecule has 1 unspecified atom stereocenters. The van der Waals surface area contributed by atoms with Crippen LogP contribution in [0.1, 0.15) is 39.0 Å². The Hall–Kier alpha value is -0.390. The Morgan fingerprint density at radius 1 is 1.24 bits per heavy atom. The number of hydrogen-bond donors (Lipinski definition) is 1. The van der Waals surface area contributed by atoms with Gasteiger partial charge in [-0.15, -0.1) is 0 Å². The lowest BCUT2D eigenvalue weighted by Crippen LogP contribution is -2.41. The highest BCUT2D eigenvalue weighted by Gasteiger charge is 2.29. The summed E-state index contributed by atoms with van der Waals surface area (Å²) in [5.74, 6) is 0.709. The highest BCUT2D eigenvalue weighted by Crippen LogP contribution is 2.29. The molecule has 1 aliphatic rings. The van der Waals surface area contributed by atoms with Gasteiger partial charge in [-0.3, -0.25) is 0 Å². The van der Waals surface area contributed by atoms with Gasteiger partial charge in [0, 0.05) is 10.5 Å². The van der Waals surface area contributed by atoms with Crippen LogP contribution in [0.2, 0.25) is 0 Å². The van der Waals surface area contributed by atoms with Gasteiger partial charge in [0.25, 0.3) is 0 Å². The van der Waals surface area contributed by atoms with Crippen molar-refractivity contribution in [3.63, 3.8) is 0 Å². The molecule has 0 bridgehead atoms. The minimum atomic E-state index is -3.23. The van der Waals surface area contributed by atoms with E-state index in [2.05, 4.69) is 28.2 Å². The molecule has 5 heteroatoms. The second-order valence-corrected chi connectivity index (χ2v) is 8.79. The highest BCUT2D eigenvalue weighted by atomic mass is 79.9. The van der Waals surface area contributed by atoms with Crippen LogP contribution in [-0.4, -0.2) is 26.8 Å². The monoisotopic (exact) mass is 373 g/mol. The van der Waals surface area contributed by atoms with Gasteiger partial charge in [0.15, 0.2) is 9.84 Å². The number of benzene rings is 1. The summed E-state index contributed by atoms with van der Waals surface area (Å²) in [4.78, 5) is 0.423. The lowest BCUT2D eigenvalue weighted by atomic mass is 10.00. The molecule has 0 saturated heterocycles. The van der Waals surface area contributed by atoms with Crippen molar-refractivity contribution >= 4 is 25.8 Å². The fourth-order valence-electron chi connectivity index (χ4n) is 3.03. The third-order valence-corrected chi connectivity index (χ3v) is 6.51. The van der Waals surface area contributed by atoms with E-state index in [0.717, 1.165) is 30.3 Å². The quantitative estimate of drug-likeness (QED) is 0.790. The minimum Gasteiger partial charge on any atom is -0.313 e. The second-order valence-electron chi connectivity index (χ2n) is 5.84. The van der Waals surface area contributed by atoms with Crippen LogP contribution in [0.4, 0.5) is 0 Å². The fourth-order valence-corrected chi connectivity index (χ4v) is 4.90. The molecule has 0 amide bonds. The zero-order chi connectivity index (χ0) is 15.3. The van der Waals surface area contributed by atoms with Gasteiger partial charge >= 0.3 is 0 Å². The Labute approximate surface area is 136 Å². The first kappa shape index (κ1) is 17.0. The maximum atomic E-state index is 12.6. The number of sulfone groups is 1. The van der Waals surface area contributed by atoms with Gasteiger partial charge in [-0.1, -0.05) is 35.7 Å². The van der Waals surface area contributed by atoms with Crippen LogP contribution in [0, 0.1) is 5.92 Å². The second kappa shape index (κ2) is 7.75. The highest BCUT2D eigenvalue weighted by molar-refractivity contribution is 9.10. The topological polar surface area (TPSA) is 46.2 Å². The van der Waals surface area contributed by atoms with Gasteiger partial charge in [-0.05, 0) is 56.0 Å². The third-order valence-electron chi connectivity index (χ3n) is 4.20. The number of rotatable bonds is 7. The molecule has 0 heterocycles. The van der Waals surface area contributed by atoms with Crippen molar-refractivity contribution in [2.75, 3.05) is 12.3 Å². The molecule has 1 aromatic carbocycles. The number of hydrogen-bond acceptors (Lipinski definition) is 3. The molecule has 0 spiro atoms. The Morgan fingerprint density at radius 2 is 1.86 bits per heavy atom. The molecular formula is C16H24BrNO2S. The predicted octanol–water partition coefficient (Wildman–Crippen LogP) is 3.78. The van der Waals surface area contributed by atoms with E-state index in [0.29, 0.717) is 10.8 Å². The van der Waals surface area contributed by atoms with Gasteiger partial charge in [0.1, 0.15) is 0 Å². The first-order chi connectivity index (χ1) is 10.0. The number of nitrogens with one attached hydrogen (secondary N) is 1. The third kappa shape index (κ3) is 4.80. The molecule has 3 nitrogen and oxygen atoms in total. The predicted molar refractivity (Wildman–Crippen MR) is 90.2 cm³/mol. The van der Waals surface area contributed by atoms with Gasteiger partial charge in [-0.25, -0.2) is 8.42 Å². The van der Waals surface area contributed by atoms with Crippen LogP contribution in [0.25, 0.3) is 0 Å². The SMILES string of the molecule is CCCNC(CS(=O)(=O)c1ccc(Br)cc1)C1CCCC1. The molecule has 1 saturated carbocycles. The van der Waals surface area contributed by atoms with Gasteiger partial charge in [-0.2, -0.15) is 0 Å². The molecular weight excluding hydrogens is 350 g/mol. The lowest BCUT2D eigenvalue weighted by Gasteiger charge is -2.24. The van der Waals surface area contributed by atoms with Gasteiger partial charge in [0.2, 0.25) is 0 Å². The number of halogens is 1. The van der Waals surface area contributed by atoms with Crippen LogP contribution >= 0.6 is 15.9 Å². The zero-order valence-corrected chi connectivity index (χ0v) is 14.9. The summed E-state index contributed by atoms with van der Waals surface area (Å²) < 4.78 is 26.1. The minimum absolute atomic E-state index is 0.0843. The molecule has 2 rings (SSSR count). The van der Waals surface area contributed by atoms with Crippen LogP contribution in [0.5, 0.6) is 0 Å². The fraction of sp³-hybridized carbons (Fsp3) is 0.625. The van der Waals surface area contributed by atoms with E-state index in [4.69, 9.17) is 0 Å². The Morgan fingerprint density at radius 3 is 2.43 bits per heavy atom. The Balaban J connectivity index is 2.11. The van der Waals surface area contributed by atoms with Crippen molar-refractivity contribution < 1.29 is 8.42 Å². The van der Waals surface area contributed by atoms with Crippen molar-refractivity contribution in [1.82, 2.24) is 5.32 Å². The van der Waals surface area contributed by atoms with E-state index < -0.39 is 9.84 Å². The lowest BCUT2D eigenvalue weighted by molar-refractivity contribution is 0.382. The van der Waals surface area contributed by atoms with E-state index in [-0.39, 0.29) is 11.8 Å². The summed E-state index contributed by atoms with van der Waals surface area (Å²) in [6, 6.07) is 7.03. The normalized spacial score (nSPS) is 18.0. The van der Waals surface area contributed by atoms with Crippen molar-refractivity contribution in [2.24, 2.45) is 5.92 Å². The standard InChI is InChI=1S/C16H24BrNO2S/c1-2-11-18-16(13-5-3-4-6-13)12-21(19,20)15-9-7-14(17)8-10-15/h7-10,13,16,18H,2-6,11-12H2,1H3. The summed E-state index contributed by atoms with van der Waals surface area (Å²) >= 11 is 3.34. The molecule has 0 radical (unpaired) electrons. The average molecular weight is 374 g/mol. The van der Waals surface area contributed by atoms with Crippen LogP contribution in [0.15, 0.2) is 33.6 Å². The molecule has 1 atom stereocenters. The van der Waals surface area contributed by atoms with Gasteiger partial charge in [0.05, 0.1) is 10.6 Å². The first-order valence-electron chi connectivity index (χ1n) is 7.74. The van der Waals surface area contributed by atoms with Crippen molar-refractivity contribution in [3.8, 4) is 0 Å². The summed E-state index contributed by atoms with van der Waals surface area (Å²) in [5.41, 5.74) is 0. The maximum Gasteiger partial charge on any atom is 0.179 e. The first-order valence-corrected chi connectivity index (χ1v) is 10.2.